The zero-order valence-corrected chi connectivity index (χ0v) is 17.4. The molecule has 2 bridgehead atoms. The smallest absolute Gasteiger partial charge is 0.309 e. The fraction of sp³-hybridized carbons (Fsp3) is 0.455. The van der Waals surface area contributed by atoms with Crippen LogP contribution in [0.1, 0.15) is 33.1 Å². The van der Waals surface area contributed by atoms with Gasteiger partial charge in [0.1, 0.15) is 5.75 Å². The minimum Gasteiger partial charge on any atom is -0.382 e. The van der Waals surface area contributed by atoms with Crippen LogP contribution in [0.15, 0.2) is 65.6 Å². The summed E-state index contributed by atoms with van der Waals surface area (Å²) in [5.74, 6) is 1.06. The molecule has 2 aliphatic carbocycles. The van der Waals surface area contributed by atoms with E-state index in [1.54, 1.807) is 24.3 Å². The second kappa shape index (κ2) is 6.85. The minimum atomic E-state index is -3.67. The number of fused-ring (bicyclic) bond motifs is 2. The Bertz CT molecular complexity index is 894. The first-order valence-electron chi connectivity index (χ1n) is 9.51. The molecule has 0 amide bonds. The molecule has 3 nitrogen and oxygen atoms in total. The molecule has 0 aliphatic heterocycles. The molecule has 0 saturated heterocycles. The summed E-state index contributed by atoms with van der Waals surface area (Å²) in [4.78, 5) is 1.21. The number of thioether (sulfide) groups is 1. The van der Waals surface area contributed by atoms with Crippen LogP contribution in [0.25, 0.3) is 0 Å². The van der Waals surface area contributed by atoms with Crippen molar-refractivity contribution in [2.24, 2.45) is 16.7 Å². The van der Waals surface area contributed by atoms with E-state index in [9.17, 15) is 8.42 Å². The molecule has 0 unspecified atom stereocenters. The van der Waals surface area contributed by atoms with Crippen molar-refractivity contribution in [1.82, 2.24) is 0 Å². The van der Waals surface area contributed by atoms with Crippen LogP contribution in [-0.2, 0) is 10.1 Å². The Morgan fingerprint density at radius 1 is 1.04 bits per heavy atom. The van der Waals surface area contributed by atoms with E-state index < -0.39 is 10.1 Å². The van der Waals surface area contributed by atoms with Gasteiger partial charge in [-0.15, -0.1) is 11.8 Å². The normalized spacial score (nSPS) is 29.0. The van der Waals surface area contributed by atoms with Gasteiger partial charge < -0.3 is 4.18 Å². The van der Waals surface area contributed by atoms with E-state index in [1.165, 1.54) is 4.90 Å². The molecule has 2 aromatic carbocycles. The summed E-state index contributed by atoms with van der Waals surface area (Å²) in [6, 6.07) is 19.2. The molecule has 2 saturated carbocycles. The van der Waals surface area contributed by atoms with E-state index in [0.29, 0.717) is 16.9 Å². The van der Waals surface area contributed by atoms with Gasteiger partial charge in [0.05, 0.1) is 5.75 Å². The Kier molecular flexibility index (Phi) is 4.79. The van der Waals surface area contributed by atoms with E-state index in [-0.39, 0.29) is 16.6 Å². The first kappa shape index (κ1) is 18.9. The van der Waals surface area contributed by atoms with E-state index in [2.05, 4.69) is 26.0 Å². The van der Waals surface area contributed by atoms with Crippen molar-refractivity contribution in [2.75, 3.05) is 5.75 Å². The van der Waals surface area contributed by atoms with Crippen LogP contribution in [0.2, 0.25) is 0 Å². The molecule has 0 N–H and O–H groups in total. The van der Waals surface area contributed by atoms with E-state index in [1.807, 2.05) is 36.0 Å². The number of hydrogen-bond donors (Lipinski definition) is 0. The number of rotatable bonds is 6. The summed E-state index contributed by atoms with van der Waals surface area (Å²) >= 11 is 1.84. The number of benzene rings is 2. The third-order valence-electron chi connectivity index (χ3n) is 6.78. The topological polar surface area (TPSA) is 43.4 Å². The van der Waals surface area contributed by atoms with Crippen LogP contribution in [0, 0.1) is 16.7 Å². The molecule has 0 radical (unpaired) electrons. The predicted molar refractivity (Wildman–Crippen MR) is 110 cm³/mol. The van der Waals surface area contributed by atoms with Gasteiger partial charge in [-0.1, -0.05) is 50.2 Å². The van der Waals surface area contributed by atoms with E-state index >= 15 is 0 Å². The molecule has 2 aliphatic rings. The van der Waals surface area contributed by atoms with Crippen LogP contribution < -0.4 is 4.18 Å². The quantitative estimate of drug-likeness (QED) is 0.608. The van der Waals surface area contributed by atoms with E-state index in [4.69, 9.17) is 4.18 Å². The van der Waals surface area contributed by atoms with Crippen molar-refractivity contribution in [3.8, 4) is 5.75 Å². The lowest BCUT2D eigenvalue weighted by Crippen LogP contribution is -2.44. The molecule has 4 rings (SSSR count). The Balaban J connectivity index is 1.62. The summed E-state index contributed by atoms with van der Waals surface area (Å²) in [5, 5.41) is 0.294. The summed E-state index contributed by atoms with van der Waals surface area (Å²) < 4.78 is 31.4. The predicted octanol–water partition coefficient (Wildman–Crippen LogP) is 5.38. The highest BCUT2D eigenvalue weighted by Crippen LogP contribution is 2.69. The average molecular weight is 403 g/mol. The lowest BCUT2D eigenvalue weighted by molar-refractivity contribution is 0.157. The Hall–Kier alpha value is -1.46. The minimum absolute atomic E-state index is 0.00738. The fourth-order valence-corrected chi connectivity index (χ4v) is 8.76. The maximum Gasteiger partial charge on any atom is 0.309 e. The first-order chi connectivity index (χ1) is 12.8. The summed E-state index contributed by atoms with van der Waals surface area (Å²) in [7, 11) is -3.67. The maximum absolute atomic E-state index is 13.0. The summed E-state index contributed by atoms with van der Waals surface area (Å²) in [5.41, 5.74) is -0.266. The van der Waals surface area contributed by atoms with Gasteiger partial charge in [0.25, 0.3) is 0 Å². The Labute approximate surface area is 166 Å². The zero-order chi connectivity index (χ0) is 19.1. The molecule has 27 heavy (non-hydrogen) atoms. The number of hydrogen-bond acceptors (Lipinski definition) is 4. The molecule has 2 fully saturated rings. The van der Waals surface area contributed by atoms with Crippen molar-refractivity contribution in [3.63, 3.8) is 0 Å². The SMILES string of the molecule is CC1(C)[C@@H]2CC[C@@]1(CS(=O)(=O)Oc1ccccc1)[C@H](Sc1ccccc1)C2. The molecule has 3 atom stereocenters. The highest BCUT2D eigenvalue weighted by atomic mass is 32.2. The van der Waals surface area contributed by atoms with Gasteiger partial charge >= 0.3 is 10.1 Å². The van der Waals surface area contributed by atoms with Crippen molar-refractivity contribution < 1.29 is 12.6 Å². The summed E-state index contributed by atoms with van der Waals surface area (Å²) in [6.07, 6.45) is 3.14. The molecule has 0 aromatic heterocycles. The van der Waals surface area contributed by atoms with Gasteiger partial charge in [-0.2, -0.15) is 8.42 Å². The molecular weight excluding hydrogens is 376 g/mol. The first-order valence-corrected chi connectivity index (χ1v) is 12.0. The van der Waals surface area contributed by atoms with Gasteiger partial charge in [0, 0.05) is 15.6 Å². The van der Waals surface area contributed by atoms with Gasteiger partial charge in [0.2, 0.25) is 0 Å². The molecule has 5 heteroatoms. The fourth-order valence-electron chi connectivity index (χ4n) is 5.14. The van der Waals surface area contributed by atoms with Crippen LogP contribution in [-0.4, -0.2) is 19.4 Å². The third kappa shape index (κ3) is 3.40. The third-order valence-corrected chi connectivity index (χ3v) is 9.57. The van der Waals surface area contributed by atoms with E-state index in [0.717, 1.165) is 19.3 Å². The number of para-hydroxylation sites is 1. The highest BCUT2D eigenvalue weighted by Gasteiger charge is 2.65. The van der Waals surface area contributed by atoms with Crippen LogP contribution in [0.3, 0.4) is 0 Å². The highest BCUT2D eigenvalue weighted by molar-refractivity contribution is 8.00. The Morgan fingerprint density at radius 3 is 2.30 bits per heavy atom. The average Bonchev–Trinajstić information content (AvgIpc) is 2.97. The van der Waals surface area contributed by atoms with Gasteiger partial charge in [-0.05, 0) is 54.9 Å². The zero-order valence-electron chi connectivity index (χ0n) is 15.8. The van der Waals surface area contributed by atoms with Crippen LogP contribution in [0.5, 0.6) is 5.75 Å². The van der Waals surface area contributed by atoms with Crippen molar-refractivity contribution in [3.05, 3.63) is 60.7 Å². The Morgan fingerprint density at radius 2 is 1.67 bits per heavy atom. The van der Waals surface area contributed by atoms with Crippen LogP contribution in [0.4, 0.5) is 0 Å². The molecule has 144 valence electrons. The second-order valence-corrected chi connectivity index (χ2v) is 11.2. The molecular formula is C22H26O3S2. The summed E-state index contributed by atoms with van der Waals surface area (Å²) in [6.45, 7) is 4.52. The maximum atomic E-state index is 13.0. The monoisotopic (exact) mass is 402 g/mol. The van der Waals surface area contributed by atoms with Crippen molar-refractivity contribution >= 4 is 21.9 Å². The van der Waals surface area contributed by atoms with Crippen molar-refractivity contribution in [2.45, 2.75) is 43.3 Å². The van der Waals surface area contributed by atoms with Gasteiger partial charge in [-0.25, -0.2) is 0 Å². The van der Waals surface area contributed by atoms with Crippen molar-refractivity contribution in [1.29, 1.82) is 0 Å². The van der Waals surface area contributed by atoms with Gasteiger partial charge in [-0.3, -0.25) is 0 Å². The second-order valence-electron chi connectivity index (χ2n) is 8.37. The van der Waals surface area contributed by atoms with Gasteiger partial charge in [0.15, 0.2) is 0 Å². The molecule has 0 spiro atoms. The lowest BCUT2D eigenvalue weighted by atomic mass is 9.70. The molecule has 2 aromatic rings. The standard InChI is InChI=1S/C22H26O3S2/c1-21(2)17-13-14-22(21,20(15-17)26-19-11-7-4-8-12-19)16-27(23,24)25-18-9-5-3-6-10-18/h3-12,17,20H,13-16H2,1-2H3/t17-,20-,22-/m1/s1. The van der Waals surface area contributed by atoms with Crippen LogP contribution >= 0.6 is 11.8 Å². The lowest BCUT2D eigenvalue weighted by Gasteiger charge is -2.41. The molecule has 0 heterocycles. The largest absolute Gasteiger partial charge is 0.382 e.